The maximum absolute atomic E-state index is 12.9. The summed E-state index contributed by atoms with van der Waals surface area (Å²) in [6, 6.07) is 0. The van der Waals surface area contributed by atoms with E-state index in [-0.39, 0.29) is 6.54 Å². The fourth-order valence-electron chi connectivity index (χ4n) is 2.53. The summed E-state index contributed by atoms with van der Waals surface area (Å²) >= 11 is 0. The Balaban J connectivity index is 1.91. The Kier molecular flexibility index (Phi) is 3.60. The third-order valence-corrected chi connectivity index (χ3v) is 6.11. The highest BCUT2D eigenvalue weighted by molar-refractivity contribution is 7.89. The maximum atomic E-state index is 12.9. The first-order chi connectivity index (χ1) is 9.52. The topological polar surface area (TPSA) is 92.1 Å². The lowest BCUT2D eigenvalue weighted by molar-refractivity contribution is 0.381. The molecule has 3 N–H and O–H groups in total. The molecule has 1 aromatic rings. The summed E-state index contributed by atoms with van der Waals surface area (Å²) in [5.74, 6) is 1.08. The molecular formula is C13H22N4O2S. The fourth-order valence-corrected chi connectivity index (χ4v) is 4.46. The zero-order chi connectivity index (χ0) is 14.3. The maximum Gasteiger partial charge on any atom is 0.246 e. The lowest BCUT2D eigenvalue weighted by Crippen LogP contribution is -2.35. The largest absolute Gasteiger partial charge is 0.325 e. The van der Waals surface area contributed by atoms with Gasteiger partial charge in [0.15, 0.2) is 0 Å². The Bertz CT molecular complexity index is 574. The van der Waals surface area contributed by atoms with E-state index < -0.39 is 10.0 Å². The molecule has 1 aromatic heterocycles. The van der Waals surface area contributed by atoms with Crippen molar-refractivity contribution in [2.75, 3.05) is 13.1 Å². The monoisotopic (exact) mass is 298 g/mol. The molecule has 3 rings (SSSR count). The summed E-state index contributed by atoms with van der Waals surface area (Å²) in [6.07, 6.45) is 4.57. The minimum absolute atomic E-state index is 0.138. The number of H-pyrrole nitrogens is 1. The minimum atomic E-state index is -3.48. The van der Waals surface area contributed by atoms with Gasteiger partial charge in [-0.05, 0) is 44.4 Å². The second-order valence-corrected chi connectivity index (χ2v) is 7.91. The number of rotatable bonds is 7. The highest BCUT2D eigenvalue weighted by Gasteiger charge is 2.37. The second-order valence-electron chi connectivity index (χ2n) is 6.04. The summed E-state index contributed by atoms with van der Waals surface area (Å²) in [6.45, 7) is 3.17. The fraction of sp³-hybridized carbons (Fsp3) is 0.769. The van der Waals surface area contributed by atoms with Gasteiger partial charge in [0.25, 0.3) is 0 Å². The van der Waals surface area contributed by atoms with E-state index in [1.165, 1.54) is 0 Å². The highest BCUT2D eigenvalue weighted by Crippen LogP contribution is 2.36. The number of nitrogens with two attached hydrogens (primary N) is 1. The minimum Gasteiger partial charge on any atom is -0.325 e. The number of aromatic amines is 1. The van der Waals surface area contributed by atoms with Crippen LogP contribution in [0.4, 0.5) is 0 Å². The van der Waals surface area contributed by atoms with Gasteiger partial charge in [0.1, 0.15) is 4.90 Å². The predicted molar refractivity (Wildman–Crippen MR) is 75.4 cm³/mol. The molecule has 0 aromatic carbocycles. The third kappa shape index (κ3) is 2.75. The number of aryl methyl sites for hydroxylation is 1. The Morgan fingerprint density at radius 3 is 2.25 bits per heavy atom. The van der Waals surface area contributed by atoms with Crippen molar-refractivity contribution < 1.29 is 8.42 Å². The molecule has 0 unspecified atom stereocenters. The quantitative estimate of drug-likeness (QED) is 0.785. The van der Waals surface area contributed by atoms with E-state index in [1.54, 1.807) is 11.2 Å². The molecule has 0 saturated heterocycles. The van der Waals surface area contributed by atoms with E-state index in [0.717, 1.165) is 25.7 Å². The number of aromatic nitrogens is 2. The molecule has 7 heteroatoms. The Morgan fingerprint density at radius 2 is 1.80 bits per heavy atom. The van der Waals surface area contributed by atoms with Crippen molar-refractivity contribution in [3.05, 3.63) is 11.4 Å². The SMILES string of the molecule is Cc1[nH]nc(CN)c1S(=O)(=O)N(CC1CC1)CC1CC1. The molecule has 2 saturated carbocycles. The van der Waals surface area contributed by atoms with Gasteiger partial charge in [0.2, 0.25) is 10.0 Å². The average molecular weight is 298 g/mol. The first-order valence-electron chi connectivity index (χ1n) is 7.26. The highest BCUT2D eigenvalue weighted by atomic mass is 32.2. The van der Waals surface area contributed by atoms with E-state index in [1.807, 2.05) is 0 Å². The number of hydrogen-bond acceptors (Lipinski definition) is 4. The van der Waals surface area contributed by atoms with Gasteiger partial charge in [-0.1, -0.05) is 0 Å². The third-order valence-electron chi connectivity index (χ3n) is 4.07. The average Bonchev–Trinajstić information content (AvgIpc) is 3.30. The van der Waals surface area contributed by atoms with Crippen molar-refractivity contribution in [2.24, 2.45) is 17.6 Å². The van der Waals surface area contributed by atoms with Crippen LogP contribution in [-0.4, -0.2) is 36.0 Å². The van der Waals surface area contributed by atoms with Crippen LogP contribution in [0.15, 0.2) is 4.90 Å². The van der Waals surface area contributed by atoms with Crippen LogP contribution in [0.5, 0.6) is 0 Å². The summed E-state index contributed by atoms with van der Waals surface area (Å²) < 4.78 is 27.5. The molecule has 0 spiro atoms. The van der Waals surface area contributed by atoms with Crippen LogP contribution in [0.25, 0.3) is 0 Å². The van der Waals surface area contributed by atoms with Gasteiger partial charge in [-0.3, -0.25) is 5.10 Å². The Morgan fingerprint density at radius 1 is 1.25 bits per heavy atom. The molecule has 0 aliphatic heterocycles. The Hall–Kier alpha value is -0.920. The van der Waals surface area contributed by atoms with Crippen LogP contribution in [0.3, 0.4) is 0 Å². The van der Waals surface area contributed by atoms with Crippen LogP contribution in [-0.2, 0) is 16.6 Å². The van der Waals surface area contributed by atoms with Gasteiger partial charge in [0.05, 0.1) is 11.4 Å². The molecule has 0 atom stereocenters. The lowest BCUT2D eigenvalue weighted by Gasteiger charge is -2.22. The molecule has 112 valence electrons. The molecule has 2 aliphatic rings. The second kappa shape index (κ2) is 5.13. The molecule has 2 aliphatic carbocycles. The van der Waals surface area contributed by atoms with Crippen molar-refractivity contribution in [3.63, 3.8) is 0 Å². The van der Waals surface area contributed by atoms with Crippen LogP contribution < -0.4 is 5.73 Å². The van der Waals surface area contributed by atoms with Gasteiger partial charge in [0, 0.05) is 19.6 Å². The van der Waals surface area contributed by atoms with Crippen molar-refractivity contribution in [2.45, 2.75) is 44.0 Å². The lowest BCUT2D eigenvalue weighted by atomic mass is 10.4. The van der Waals surface area contributed by atoms with Gasteiger partial charge < -0.3 is 5.73 Å². The van der Waals surface area contributed by atoms with Gasteiger partial charge >= 0.3 is 0 Å². The van der Waals surface area contributed by atoms with Crippen molar-refractivity contribution in [1.29, 1.82) is 0 Å². The molecule has 6 nitrogen and oxygen atoms in total. The van der Waals surface area contributed by atoms with Crippen molar-refractivity contribution in [3.8, 4) is 0 Å². The van der Waals surface area contributed by atoms with Crippen LogP contribution in [0.1, 0.15) is 37.1 Å². The summed E-state index contributed by atoms with van der Waals surface area (Å²) in [4.78, 5) is 0.293. The van der Waals surface area contributed by atoms with E-state index in [0.29, 0.717) is 41.2 Å². The van der Waals surface area contributed by atoms with Crippen LogP contribution in [0, 0.1) is 18.8 Å². The van der Waals surface area contributed by atoms with E-state index in [9.17, 15) is 8.42 Å². The van der Waals surface area contributed by atoms with Crippen molar-refractivity contribution in [1.82, 2.24) is 14.5 Å². The zero-order valence-electron chi connectivity index (χ0n) is 11.8. The summed E-state index contributed by atoms with van der Waals surface area (Å²) in [5, 5.41) is 6.77. The number of sulfonamides is 1. The molecule has 20 heavy (non-hydrogen) atoms. The van der Waals surface area contributed by atoms with E-state index in [4.69, 9.17) is 5.73 Å². The molecule has 0 bridgehead atoms. The van der Waals surface area contributed by atoms with E-state index >= 15 is 0 Å². The molecule has 1 heterocycles. The van der Waals surface area contributed by atoms with E-state index in [2.05, 4.69) is 10.2 Å². The van der Waals surface area contributed by atoms with Gasteiger partial charge in [-0.2, -0.15) is 9.40 Å². The summed E-state index contributed by atoms with van der Waals surface area (Å²) in [5.41, 5.74) is 6.65. The van der Waals surface area contributed by atoms with Gasteiger partial charge in [-0.25, -0.2) is 8.42 Å². The number of nitrogens with one attached hydrogen (secondary N) is 1. The first-order valence-corrected chi connectivity index (χ1v) is 8.70. The zero-order valence-corrected chi connectivity index (χ0v) is 12.6. The van der Waals surface area contributed by atoms with Crippen molar-refractivity contribution >= 4 is 10.0 Å². The molecule has 0 amide bonds. The summed E-state index contributed by atoms with van der Waals surface area (Å²) in [7, 11) is -3.48. The Labute approximate surface area is 119 Å². The number of hydrogen-bond donors (Lipinski definition) is 2. The van der Waals surface area contributed by atoms with Crippen LogP contribution >= 0.6 is 0 Å². The predicted octanol–water partition coefficient (Wildman–Crippen LogP) is 0.988. The standard InChI is InChI=1S/C13H22N4O2S/c1-9-13(12(6-14)16-15-9)20(18,19)17(7-10-2-3-10)8-11-4-5-11/h10-11H,2-8,14H2,1H3,(H,15,16). The molecule has 0 radical (unpaired) electrons. The van der Waals surface area contributed by atoms with Crippen LogP contribution in [0.2, 0.25) is 0 Å². The molecule has 2 fully saturated rings. The smallest absolute Gasteiger partial charge is 0.246 e. The number of nitrogens with zero attached hydrogens (tertiary/aromatic N) is 2. The first kappa shape index (κ1) is 14.0. The normalized spacial score (nSPS) is 19.8. The molecular weight excluding hydrogens is 276 g/mol. The van der Waals surface area contributed by atoms with Gasteiger partial charge in [-0.15, -0.1) is 0 Å².